The first kappa shape index (κ1) is 13.7. The van der Waals surface area contributed by atoms with E-state index in [1.807, 2.05) is 30.3 Å². The highest BCUT2D eigenvalue weighted by Gasteiger charge is 2.12. The lowest BCUT2D eigenvalue weighted by molar-refractivity contribution is 0.345. The average Bonchev–Trinajstić information content (AvgIpc) is 2.47. The minimum atomic E-state index is 0.103. The fourth-order valence-corrected chi connectivity index (χ4v) is 2.71. The van der Waals surface area contributed by atoms with Gasteiger partial charge in [-0.3, -0.25) is 0 Å². The first-order chi connectivity index (χ1) is 9.38. The third-order valence-electron chi connectivity index (χ3n) is 3.74. The van der Waals surface area contributed by atoms with Gasteiger partial charge in [0.2, 0.25) is 0 Å². The van der Waals surface area contributed by atoms with Crippen molar-refractivity contribution < 1.29 is 4.74 Å². The van der Waals surface area contributed by atoms with Gasteiger partial charge in [0.25, 0.3) is 0 Å². The molecule has 3 heteroatoms. The Bertz CT molecular complexity index is 419. The van der Waals surface area contributed by atoms with Crippen molar-refractivity contribution in [3.05, 3.63) is 24.3 Å². The fraction of sp³-hybridized carbons (Fsp3) is 0.562. The summed E-state index contributed by atoms with van der Waals surface area (Å²) >= 11 is 0. The van der Waals surface area contributed by atoms with Gasteiger partial charge >= 0.3 is 0 Å². The summed E-state index contributed by atoms with van der Waals surface area (Å²) in [4.78, 5) is 0. The molecule has 0 bridgehead atoms. The smallest absolute Gasteiger partial charge is 0.174 e. The predicted molar refractivity (Wildman–Crippen MR) is 77.2 cm³/mol. The van der Waals surface area contributed by atoms with Gasteiger partial charge in [-0.05, 0) is 24.5 Å². The maximum Gasteiger partial charge on any atom is 0.174 e. The highest BCUT2D eigenvalue weighted by atomic mass is 16.5. The SMILES string of the molecule is N#CCOc1cccc(NCCC2CCCCC2)c1. The minimum absolute atomic E-state index is 0.103. The van der Waals surface area contributed by atoms with Gasteiger partial charge in [-0.15, -0.1) is 0 Å². The first-order valence-electron chi connectivity index (χ1n) is 7.22. The Labute approximate surface area is 115 Å². The van der Waals surface area contributed by atoms with E-state index in [-0.39, 0.29) is 6.61 Å². The summed E-state index contributed by atoms with van der Waals surface area (Å²) < 4.78 is 5.29. The van der Waals surface area contributed by atoms with Crippen LogP contribution in [-0.2, 0) is 0 Å². The van der Waals surface area contributed by atoms with E-state index in [4.69, 9.17) is 10.00 Å². The molecule has 19 heavy (non-hydrogen) atoms. The van der Waals surface area contributed by atoms with Crippen LogP contribution in [0.25, 0.3) is 0 Å². The second-order valence-electron chi connectivity index (χ2n) is 5.19. The lowest BCUT2D eigenvalue weighted by atomic mass is 9.87. The second kappa shape index (κ2) is 7.68. The summed E-state index contributed by atoms with van der Waals surface area (Å²) in [5.74, 6) is 1.66. The summed E-state index contributed by atoms with van der Waals surface area (Å²) in [6, 6.07) is 9.81. The van der Waals surface area contributed by atoms with Crippen LogP contribution in [0, 0.1) is 17.2 Å². The number of anilines is 1. The van der Waals surface area contributed by atoms with Gasteiger partial charge < -0.3 is 10.1 Å². The van der Waals surface area contributed by atoms with Crippen LogP contribution in [0.2, 0.25) is 0 Å². The fourth-order valence-electron chi connectivity index (χ4n) is 2.71. The van der Waals surface area contributed by atoms with Crippen LogP contribution < -0.4 is 10.1 Å². The molecule has 1 N–H and O–H groups in total. The number of nitrogens with one attached hydrogen (secondary N) is 1. The molecule has 1 fully saturated rings. The molecular formula is C16H22N2O. The van der Waals surface area contributed by atoms with E-state index in [1.165, 1.54) is 38.5 Å². The van der Waals surface area contributed by atoms with Gasteiger partial charge in [0, 0.05) is 18.3 Å². The van der Waals surface area contributed by atoms with Crippen LogP contribution >= 0.6 is 0 Å². The number of nitriles is 1. The molecule has 1 aliphatic rings. The molecule has 1 saturated carbocycles. The zero-order valence-corrected chi connectivity index (χ0v) is 11.4. The molecule has 0 unspecified atom stereocenters. The van der Waals surface area contributed by atoms with E-state index in [9.17, 15) is 0 Å². The molecule has 0 amide bonds. The van der Waals surface area contributed by atoms with E-state index in [0.717, 1.165) is 23.9 Å². The van der Waals surface area contributed by atoms with Crippen LogP contribution in [0.5, 0.6) is 5.75 Å². The Hall–Kier alpha value is -1.69. The molecule has 0 heterocycles. The van der Waals surface area contributed by atoms with Gasteiger partial charge in [-0.1, -0.05) is 38.2 Å². The largest absolute Gasteiger partial charge is 0.479 e. The molecule has 0 radical (unpaired) electrons. The minimum Gasteiger partial charge on any atom is -0.479 e. The van der Waals surface area contributed by atoms with Crippen molar-refractivity contribution in [2.24, 2.45) is 5.92 Å². The molecule has 0 aromatic heterocycles. The average molecular weight is 258 g/mol. The molecule has 1 aliphatic carbocycles. The molecule has 2 rings (SSSR count). The summed E-state index contributed by atoms with van der Waals surface area (Å²) in [7, 11) is 0. The lowest BCUT2D eigenvalue weighted by Gasteiger charge is -2.21. The number of hydrogen-bond donors (Lipinski definition) is 1. The van der Waals surface area contributed by atoms with Crippen LogP contribution in [0.3, 0.4) is 0 Å². The molecule has 102 valence electrons. The molecule has 1 aromatic rings. The van der Waals surface area contributed by atoms with Gasteiger partial charge in [0.1, 0.15) is 11.8 Å². The molecule has 0 aliphatic heterocycles. The van der Waals surface area contributed by atoms with Crippen molar-refractivity contribution in [1.29, 1.82) is 5.26 Å². The number of rotatable bonds is 6. The van der Waals surface area contributed by atoms with Gasteiger partial charge in [-0.2, -0.15) is 5.26 Å². The molecule has 1 aromatic carbocycles. The van der Waals surface area contributed by atoms with E-state index >= 15 is 0 Å². The zero-order valence-electron chi connectivity index (χ0n) is 11.4. The summed E-state index contributed by atoms with van der Waals surface area (Å²) in [5, 5.41) is 11.9. The van der Waals surface area contributed by atoms with Gasteiger partial charge in [0.15, 0.2) is 6.61 Å². The van der Waals surface area contributed by atoms with Crippen molar-refractivity contribution in [1.82, 2.24) is 0 Å². The maximum absolute atomic E-state index is 8.49. The van der Waals surface area contributed by atoms with E-state index in [2.05, 4.69) is 5.32 Å². The van der Waals surface area contributed by atoms with Crippen LogP contribution in [0.15, 0.2) is 24.3 Å². The first-order valence-corrected chi connectivity index (χ1v) is 7.22. The molecule has 3 nitrogen and oxygen atoms in total. The van der Waals surface area contributed by atoms with Crippen molar-refractivity contribution in [3.63, 3.8) is 0 Å². The second-order valence-corrected chi connectivity index (χ2v) is 5.19. The zero-order chi connectivity index (χ0) is 13.3. The molecular weight excluding hydrogens is 236 g/mol. The Balaban J connectivity index is 1.74. The van der Waals surface area contributed by atoms with Crippen LogP contribution in [0.4, 0.5) is 5.69 Å². The van der Waals surface area contributed by atoms with E-state index in [0.29, 0.717) is 0 Å². The molecule has 0 saturated heterocycles. The normalized spacial score (nSPS) is 15.7. The van der Waals surface area contributed by atoms with E-state index < -0.39 is 0 Å². The molecule has 0 spiro atoms. The Morgan fingerprint density at radius 2 is 2.11 bits per heavy atom. The third-order valence-corrected chi connectivity index (χ3v) is 3.74. The highest BCUT2D eigenvalue weighted by Crippen LogP contribution is 2.26. The quantitative estimate of drug-likeness (QED) is 0.839. The number of nitrogens with zero attached hydrogens (tertiary/aromatic N) is 1. The van der Waals surface area contributed by atoms with Crippen molar-refractivity contribution in [2.45, 2.75) is 38.5 Å². The lowest BCUT2D eigenvalue weighted by Crippen LogP contribution is -2.12. The van der Waals surface area contributed by atoms with Crippen LogP contribution in [0.1, 0.15) is 38.5 Å². The van der Waals surface area contributed by atoms with E-state index in [1.54, 1.807) is 0 Å². The van der Waals surface area contributed by atoms with Crippen molar-refractivity contribution in [3.8, 4) is 11.8 Å². The standard InChI is InChI=1S/C16H22N2O/c17-10-12-19-16-8-4-7-15(13-16)18-11-9-14-5-2-1-3-6-14/h4,7-8,13-14,18H,1-3,5-6,9,11-12H2. The van der Waals surface area contributed by atoms with Crippen molar-refractivity contribution in [2.75, 3.05) is 18.5 Å². The Kier molecular flexibility index (Phi) is 5.55. The van der Waals surface area contributed by atoms with Gasteiger partial charge in [0.05, 0.1) is 0 Å². The van der Waals surface area contributed by atoms with Gasteiger partial charge in [-0.25, -0.2) is 0 Å². The summed E-state index contributed by atoms with van der Waals surface area (Å²) in [6.07, 6.45) is 8.27. The van der Waals surface area contributed by atoms with Crippen molar-refractivity contribution >= 4 is 5.69 Å². The van der Waals surface area contributed by atoms with Crippen LogP contribution in [-0.4, -0.2) is 13.2 Å². The monoisotopic (exact) mass is 258 g/mol. The molecule has 0 atom stereocenters. The number of hydrogen-bond acceptors (Lipinski definition) is 3. The number of ether oxygens (including phenoxy) is 1. The third kappa shape index (κ3) is 4.82. The maximum atomic E-state index is 8.49. The number of benzene rings is 1. The Morgan fingerprint density at radius 3 is 2.89 bits per heavy atom. The topological polar surface area (TPSA) is 45.0 Å². The Morgan fingerprint density at radius 1 is 1.26 bits per heavy atom. The highest BCUT2D eigenvalue weighted by molar-refractivity contribution is 5.48. The summed E-state index contributed by atoms with van der Waals surface area (Å²) in [5.41, 5.74) is 1.08. The predicted octanol–water partition coefficient (Wildman–Crippen LogP) is 3.97. The summed E-state index contributed by atoms with van der Waals surface area (Å²) in [6.45, 7) is 1.12.